The van der Waals surface area contributed by atoms with E-state index in [4.69, 9.17) is 0 Å². The smallest absolute Gasteiger partial charge is 2.00 e. The molecule has 0 aromatic carbocycles. The van der Waals surface area contributed by atoms with Crippen molar-refractivity contribution in [2.75, 3.05) is 0 Å². The molecule has 0 heterocycles. The minimum Gasteiger partial charge on any atom is -2.00 e. The first-order valence-electron chi connectivity index (χ1n) is 0. The van der Waals surface area contributed by atoms with E-state index in [9.17, 15) is 0 Å². The van der Waals surface area contributed by atoms with E-state index in [0.29, 0.717) is 0 Å². The quantitative estimate of drug-likeness (QED) is 0.492. The Kier molecular flexibility index (Phi) is 357. The average molecular weight is 394 g/mol. The number of hydrogen-bond donors (Lipinski definition) is 0. The second-order valence-electron chi connectivity index (χ2n) is 0. The van der Waals surface area contributed by atoms with Gasteiger partial charge in [0.2, 0.25) is 0 Å². The van der Waals surface area contributed by atoms with Gasteiger partial charge in [-0.15, -0.1) is 0 Å². The van der Waals surface area contributed by atoms with Crippen LogP contribution in [0.2, 0.25) is 0 Å². The summed E-state index contributed by atoms with van der Waals surface area (Å²) in [5.74, 6) is 0. The second kappa shape index (κ2) is 43.6. The molecule has 0 aliphatic rings. The first-order chi connectivity index (χ1) is 0. The van der Waals surface area contributed by atoms with Crippen molar-refractivity contribution in [3.05, 3.63) is 0 Å². The number of rotatable bonds is 0. The Morgan fingerprint density at radius 1 is 0.429 bits per heavy atom. The van der Waals surface area contributed by atoms with Crippen molar-refractivity contribution in [2.24, 2.45) is 0 Å². The van der Waals surface area contributed by atoms with Crippen molar-refractivity contribution >= 4 is 99.5 Å². The van der Waals surface area contributed by atoms with Gasteiger partial charge >= 0.3 is 111 Å². The van der Waals surface area contributed by atoms with Gasteiger partial charge in [-0.25, -0.2) is 0 Å². The Morgan fingerprint density at radius 2 is 0.429 bits per heavy atom. The van der Waals surface area contributed by atoms with E-state index in [2.05, 4.69) is 0 Å². The summed E-state index contributed by atoms with van der Waals surface area (Å²) in [7, 11) is 0. The van der Waals surface area contributed by atoms with Gasteiger partial charge in [0, 0.05) is 0 Å². The van der Waals surface area contributed by atoms with Crippen molar-refractivity contribution in [1.82, 2.24) is 0 Å². The fourth-order valence-electron chi connectivity index (χ4n) is 0. The Morgan fingerprint density at radius 3 is 0.429 bits per heavy atom. The summed E-state index contributed by atoms with van der Waals surface area (Å²) in [5.41, 5.74) is 0. The molecule has 7 heavy (non-hydrogen) atoms. The monoisotopic (exact) mass is 394 g/mol. The van der Waals surface area contributed by atoms with Crippen LogP contribution in [0.25, 0.3) is 0 Å². The van der Waals surface area contributed by atoms with Gasteiger partial charge in [0.25, 0.3) is 0 Å². The fourth-order valence-corrected chi connectivity index (χ4v) is 0. The molecule has 0 spiro atoms. The third-order valence-electron chi connectivity index (χ3n) is 0. The Balaban J connectivity index is 0. The van der Waals surface area contributed by atoms with E-state index < -0.39 is 0 Å². The molecule has 0 rings (SSSR count). The minimum atomic E-state index is 0. The second-order valence-corrected chi connectivity index (χ2v) is 0. The molecule has 0 aliphatic heterocycles. The molecule has 0 N–H and O–H groups in total. The van der Waals surface area contributed by atoms with Crippen LogP contribution in [0.3, 0.4) is 0 Å². The zero-order chi connectivity index (χ0) is 0. The van der Waals surface area contributed by atoms with Crippen molar-refractivity contribution in [1.29, 1.82) is 0 Å². The molecule has 0 radical (unpaired) electrons. The molecule has 0 bridgehead atoms. The predicted octanol–water partition coefficient (Wildman–Crippen LogP) is -0.395. The van der Waals surface area contributed by atoms with Crippen LogP contribution >= 0.6 is 0 Å². The van der Waals surface area contributed by atoms with E-state index in [1.165, 1.54) is 0 Å². The van der Waals surface area contributed by atoms with Crippen molar-refractivity contribution in [3.63, 3.8) is 0 Å². The topological polar surface area (TPSA) is 0 Å². The Hall–Kier alpha value is 5.09. The molecule has 0 aliphatic carbocycles. The fraction of sp³-hybridized carbons (Fsp3) is 0. The molecule has 0 atom stereocenters. The maximum atomic E-state index is 0. The van der Waals surface area contributed by atoms with E-state index in [0.717, 1.165) is 0 Å². The van der Waals surface area contributed by atoms with Gasteiger partial charge in [-0.3, -0.25) is 0 Å². The summed E-state index contributed by atoms with van der Waals surface area (Å²) < 4.78 is 0. The van der Waals surface area contributed by atoms with Crippen LogP contribution < -0.4 is 0 Å². The zero-order valence-electron chi connectivity index (χ0n) is 3.49. The molecular weight excluding hydrogens is 394 g/mol. The van der Waals surface area contributed by atoms with Crippen molar-refractivity contribution in [2.45, 2.75) is 0 Å². The third kappa shape index (κ3) is 35.4. The Labute approximate surface area is 160 Å². The van der Waals surface area contributed by atoms with Crippen molar-refractivity contribution in [3.8, 4) is 0 Å². The van der Waals surface area contributed by atoms with Crippen LogP contribution in [-0.2, 0) is 119 Å². The summed E-state index contributed by atoms with van der Waals surface area (Å²) >= 11 is 0. The van der Waals surface area contributed by atoms with E-state index in [-0.39, 0.29) is 165 Å². The molecular formula is S4SrY2. The van der Waals surface area contributed by atoms with Gasteiger partial charge in [-0.05, 0) is 0 Å². The normalized spacial score (nSPS) is 0. The molecule has 0 amide bonds. The molecule has 7 heteroatoms. The van der Waals surface area contributed by atoms with Gasteiger partial charge in [0.15, 0.2) is 0 Å². The van der Waals surface area contributed by atoms with Crippen LogP contribution in [0.4, 0.5) is 0 Å². The summed E-state index contributed by atoms with van der Waals surface area (Å²) in [6.45, 7) is 0. The van der Waals surface area contributed by atoms with Crippen LogP contribution in [-0.4, -0.2) is 45.5 Å². The maximum absolute atomic E-state index is 0. The molecule has 0 aromatic rings. The van der Waals surface area contributed by atoms with E-state index >= 15 is 0 Å². The standard InChI is InChI=1S/4S.Sr.2Y/q4*-2;+2;2*+3. The maximum Gasteiger partial charge on any atom is 3.00 e. The summed E-state index contributed by atoms with van der Waals surface area (Å²) in [6, 6.07) is 0. The summed E-state index contributed by atoms with van der Waals surface area (Å²) in [4.78, 5) is 0. The Bertz CT molecular complexity index is 9.65. The predicted molar refractivity (Wildman–Crippen MR) is 35.2 cm³/mol. The zero-order valence-corrected chi connectivity index (χ0v) is 15.9. The van der Waals surface area contributed by atoms with Crippen LogP contribution in [0.15, 0.2) is 0 Å². The largest absolute Gasteiger partial charge is 3.00 e. The SMILES string of the molecule is [S-2].[S-2].[S-2].[S-2].[Sr+2].[Y+3].[Y+3]. The van der Waals surface area contributed by atoms with Crippen LogP contribution in [0.5, 0.6) is 0 Å². The third-order valence-corrected chi connectivity index (χ3v) is 0. The van der Waals surface area contributed by atoms with Gasteiger partial charge in [0.1, 0.15) is 0 Å². The van der Waals surface area contributed by atoms with Gasteiger partial charge in [-0.2, -0.15) is 0 Å². The van der Waals surface area contributed by atoms with E-state index in [1.54, 1.807) is 0 Å². The first-order valence-corrected chi connectivity index (χ1v) is 0. The molecule has 0 saturated heterocycles. The average Bonchev–Trinajstić information content (AvgIpc) is 0. The molecule has 0 fully saturated rings. The van der Waals surface area contributed by atoms with E-state index in [1.807, 2.05) is 0 Å². The summed E-state index contributed by atoms with van der Waals surface area (Å²) in [5, 5.41) is 0. The molecule has 32 valence electrons. The van der Waals surface area contributed by atoms with Gasteiger partial charge in [0.05, 0.1) is 0 Å². The molecule has 0 nitrogen and oxygen atoms in total. The van der Waals surface area contributed by atoms with Crippen LogP contribution in [0.1, 0.15) is 0 Å². The van der Waals surface area contributed by atoms with Crippen LogP contribution in [0, 0.1) is 0 Å². The minimum absolute atomic E-state index is 0. The summed E-state index contributed by atoms with van der Waals surface area (Å²) in [6.07, 6.45) is 0. The van der Waals surface area contributed by atoms with Crippen molar-refractivity contribution < 1.29 is 65.4 Å². The number of hydrogen-bond acceptors (Lipinski definition) is 0. The first kappa shape index (κ1) is 57.4. The molecule has 0 unspecified atom stereocenters. The van der Waals surface area contributed by atoms with Gasteiger partial charge < -0.3 is 54.0 Å². The molecule has 0 saturated carbocycles. The molecule has 0 aromatic heterocycles. The van der Waals surface area contributed by atoms with Gasteiger partial charge in [-0.1, -0.05) is 0 Å².